The van der Waals surface area contributed by atoms with E-state index in [2.05, 4.69) is 15.1 Å². The number of sulfonamides is 1. The van der Waals surface area contributed by atoms with Gasteiger partial charge >= 0.3 is 0 Å². The molecule has 3 aromatic rings. The Bertz CT molecular complexity index is 1130. The van der Waals surface area contributed by atoms with E-state index in [4.69, 9.17) is 4.52 Å². The van der Waals surface area contributed by atoms with E-state index >= 15 is 0 Å². The van der Waals surface area contributed by atoms with Crippen LogP contribution in [0.2, 0.25) is 0 Å². The molecule has 1 saturated heterocycles. The zero-order chi connectivity index (χ0) is 20.6. The van der Waals surface area contributed by atoms with Crippen LogP contribution in [0.4, 0.5) is 0 Å². The SMILES string of the molecule is Cc1noc(C)c1S(=O)(=O)N1CCN(C(=O)CSc2ncnc3ccsc23)CC1. The molecule has 1 aliphatic heterocycles. The molecule has 0 radical (unpaired) electrons. The average Bonchev–Trinajstić information content (AvgIpc) is 3.32. The van der Waals surface area contributed by atoms with Crippen molar-refractivity contribution in [2.24, 2.45) is 0 Å². The maximum absolute atomic E-state index is 12.9. The summed E-state index contributed by atoms with van der Waals surface area (Å²) in [5.74, 6) is 0.496. The lowest BCUT2D eigenvalue weighted by Gasteiger charge is -2.33. The highest BCUT2D eigenvalue weighted by Crippen LogP contribution is 2.29. The van der Waals surface area contributed by atoms with E-state index in [0.29, 0.717) is 18.8 Å². The number of piperazine rings is 1. The molecule has 1 fully saturated rings. The van der Waals surface area contributed by atoms with Gasteiger partial charge in [-0.15, -0.1) is 11.3 Å². The van der Waals surface area contributed by atoms with Gasteiger partial charge in [-0.2, -0.15) is 4.31 Å². The quantitative estimate of drug-likeness (QED) is 0.426. The number of thioether (sulfide) groups is 1. The highest BCUT2D eigenvalue weighted by Gasteiger charge is 2.34. The van der Waals surface area contributed by atoms with Crippen molar-refractivity contribution in [3.8, 4) is 0 Å². The van der Waals surface area contributed by atoms with Gasteiger partial charge in [-0.05, 0) is 25.3 Å². The molecule has 29 heavy (non-hydrogen) atoms. The fourth-order valence-electron chi connectivity index (χ4n) is 3.24. The van der Waals surface area contributed by atoms with Crippen LogP contribution in [0.15, 0.2) is 32.2 Å². The normalized spacial score (nSPS) is 15.9. The Balaban J connectivity index is 1.37. The first-order valence-electron chi connectivity index (χ1n) is 8.89. The molecule has 0 saturated carbocycles. The van der Waals surface area contributed by atoms with Crippen molar-refractivity contribution >= 4 is 49.2 Å². The minimum atomic E-state index is -3.68. The Morgan fingerprint density at radius 3 is 2.69 bits per heavy atom. The molecule has 4 heterocycles. The number of carbonyl (C=O) groups excluding carboxylic acids is 1. The maximum atomic E-state index is 12.9. The van der Waals surface area contributed by atoms with Gasteiger partial charge in [-0.1, -0.05) is 16.9 Å². The predicted octanol–water partition coefficient (Wildman–Crippen LogP) is 1.92. The number of aromatic nitrogens is 3. The van der Waals surface area contributed by atoms with Gasteiger partial charge in [0, 0.05) is 26.2 Å². The predicted molar refractivity (Wildman–Crippen MR) is 109 cm³/mol. The number of hydrogen-bond donors (Lipinski definition) is 0. The van der Waals surface area contributed by atoms with Crippen LogP contribution in [0.25, 0.3) is 10.2 Å². The lowest BCUT2D eigenvalue weighted by atomic mass is 10.3. The van der Waals surface area contributed by atoms with Crippen molar-refractivity contribution in [2.75, 3.05) is 31.9 Å². The summed E-state index contributed by atoms with van der Waals surface area (Å²) < 4.78 is 33.1. The van der Waals surface area contributed by atoms with Crippen molar-refractivity contribution in [1.82, 2.24) is 24.3 Å². The topological polar surface area (TPSA) is 110 Å². The molecule has 3 aromatic heterocycles. The second kappa shape index (κ2) is 8.01. The number of amides is 1. The van der Waals surface area contributed by atoms with Crippen LogP contribution in [0.1, 0.15) is 11.5 Å². The zero-order valence-electron chi connectivity index (χ0n) is 15.9. The maximum Gasteiger partial charge on any atom is 0.248 e. The first kappa shape index (κ1) is 20.3. The molecule has 0 N–H and O–H groups in total. The summed E-state index contributed by atoms with van der Waals surface area (Å²) in [7, 11) is -3.68. The Kier molecular flexibility index (Phi) is 5.60. The summed E-state index contributed by atoms with van der Waals surface area (Å²) in [6.07, 6.45) is 1.50. The smallest absolute Gasteiger partial charge is 0.248 e. The molecule has 0 atom stereocenters. The van der Waals surface area contributed by atoms with Crippen molar-refractivity contribution in [3.05, 3.63) is 29.2 Å². The lowest BCUT2D eigenvalue weighted by Crippen LogP contribution is -2.51. The molecule has 0 spiro atoms. The minimum absolute atomic E-state index is 0.0345. The number of nitrogens with zero attached hydrogens (tertiary/aromatic N) is 5. The Morgan fingerprint density at radius 2 is 2.00 bits per heavy atom. The van der Waals surface area contributed by atoms with E-state index in [1.54, 1.807) is 30.1 Å². The molecule has 1 amide bonds. The van der Waals surface area contributed by atoms with Gasteiger partial charge in [0.25, 0.3) is 0 Å². The number of thiophene rings is 1. The molecule has 154 valence electrons. The van der Waals surface area contributed by atoms with Gasteiger partial charge in [0.05, 0.1) is 16.0 Å². The van der Waals surface area contributed by atoms with Crippen molar-refractivity contribution in [2.45, 2.75) is 23.8 Å². The van der Waals surface area contributed by atoms with E-state index in [1.165, 1.54) is 22.4 Å². The van der Waals surface area contributed by atoms with E-state index in [1.807, 2.05) is 11.4 Å². The third-order valence-corrected chi connectivity index (χ3v) is 8.86. The molecular formula is C17H19N5O4S3. The molecule has 0 aliphatic carbocycles. The van der Waals surface area contributed by atoms with Crippen LogP contribution in [0.3, 0.4) is 0 Å². The number of hydrogen-bond acceptors (Lipinski definition) is 9. The number of rotatable bonds is 5. The molecule has 1 aliphatic rings. The summed E-state index contributed by atoms with van der Waals surface area (Å²) in [4.78, 5) is 22.9. The van der Waals surface area contributed by atoms with Gasteiger partial charge in [0.2, 0.25) is 15.9 Å². The third-order valence-electron chi connectivity index (χ3n) is 4.70. The largest absolute Gasteiger partial charge is 0.360 e. The fraction of sp³-hybridized carbons (Fsp3) is 0.412. The van der Waals surface area contributed by atoms with E-state index in [9.17, 15) is 13.2 Å². The molecule has 9 nitrogen and oxygen atoms in total. The second-order valence-corrected chi connectivity index (χ2v) is 10.3. The Morgan fingerprint density at radius 1 is 1.24 bits per heavy atom. The van der Waals surface area contributed by atoms with E-state index in [0.717, 1.165) is 15.2 Å². The molecule has 4 rings (SSSR count). The highest BCUT2D eigenvalue weighted by molar-refractivity contribution is 8.00. The Hall–Kier alpha value is -2.02. The monoisotopic (exact) mass is 453 g/mol. The molecule has 0 aromatic carbocycles. The summed E-state index contributed by atoms with van der Waals surface area (Å²) in [6, 6.07) is 1.92. The number of carbonyl (C=O) groups is 1. The van der Waals surface area contributed by atoms with Crippen LogP contribution in [0.5, 0.6) is 0 Å². The van der Waals surface area contributed by atoms with Crippen LogP contribution in [-0.4, -0.2) is 70.6 Å². The summed E-state index contributed by atoms with van der Waals surface area (Å²) >= 11 is 2.93. The minimum Gasteiger partial charge on any atom is -0.360 e. The Labute approximate surface area is 176 Å². The van der Waals surface area contributed by atoms with E-state index in [-0.39, 0.29) is 35.4 Å². The fourth-order valence-corrected chi connectivity index (χ4v) is 6.80. The first-order chi connectivity index (χ1) is 13.9. The van der Waals surface area contributed by atoms with Gasteiger partial charge in [-0.3, -0.25) is 4.79 Å². The van der Waals surface area contributed by atoms with Crippen LogP contribution >= 0.6 is 23.1 Å². The zero-order valence-corrected chi connectivity index (χ0v) is 18.3. The standard InChI is InChI=1S/C17H19N5O4S3/c1-11-16(12(2)26-20-11)29(24,25)22-6-4-21(5-7-22)14(23)9-28-17-15-13(3-8-27-15)18-10-19-17/h3,8,10H,4-7,9H2,1-2H3. The van der Waals surface area contributed by atoms with Gasteiger partial charge in [-0.25, -0.2) is 18.4 Å². The number of aryl methyl sites for hydroxylation is 2. The lowest BCUT2D eigenvalue weighted by molar-refractivity contribution is -0.129. The van der Waals surface area contributed by atoms with Crippen molar-refractivity contribution in [1.29, 1.82) is 0 Å². The third kappa shape index (κ3) is 3.89. The van der Waals surface area contributed by atoms with Crippen molar-refractivity contribution in [3.63, 3.8) is 0 Å². The van der Waals surface area contributed by atoms with Crippen LogP contribution in [0, 0.1) is 13.8 Å². The highest BCUT2D eigenvalue weighted by atomic mass is 32.2. The van der Waals surface area contributed by atoms with Gasteiger partial charge in [0.15, 0.2) is 5.76 Å². The summed E-state index contributed by atoms with van der Waals surface area (Å²) in [6.45, 7) is 4.37. The first-order valence-corrected chi connectivity index (χ1v) is 12.2. The van der Waals surface area contributed by atoms with Crippen LogP contribution < -0.4 is 0 Å². The molecule has 0 bridgehead atoms. The van der Waals surface area contributed by atoms with Gasteiger partial charge < -0.3 is 9.42 Å². The summed E-state index contributed by atoms with van der Waals surface area (Å²) in [5, 5.41) is 6.47. The number of fused-ring (bicyclic) bond motifs is 1. The molecular weight excluding hydrogens is 434 g/mol. The van der Waals surface area contributed by atoms with Gasteiger partial charge in [0.1, 0.15) is 21.9 Å². The average molecular weight is 454 g/mol. The second-order valence-electron chi connectivity index (χ2n) is 6.54. The van der Waals surface area contributed by atoms with E-state index < -0.39 is 10.0 Å². The summed E-state index contributed by atoms with van der Waals surface area (Å²) in [5.41, 5.74) is 1.22. The molecule has 0 unspecified atom stereocenters. The van der Waals surface area contributed by atoms with Crippen molar-refractivity contribution < 1.29 is 17.7 Å². The van der Waals surface area contributed by atoms with Crippen LogP contribution in [-0.2, 0) is 14.8 Å². The molecule has 12 heteroatoms.